The van der Waals surface area contributed by atoms with Crippen LogP contribution in [0.3, 0.4) is 0 Å². The maximum atomic E-state index is 5.66. The number of hydrogen-bond donors (Lipinski definition) is 0. The van der Waals surface area contributed by atoms with E-state index in [2.05, 4.69) is 41.2 Å². The first-order valence-corrected chi connectivity index (χ1v) is 9.55. The van der Waals surface area contributed by atoms with Gasteiger partial charge < -0.3 is 9.32 Å². The van der Waals surface area contributed by atoms with E-state index < -0.39 is 0 Å². The van der Waals surface area contributed by atoms with Crippen molar-refractivity contribution in [2.24, 2.45) is 16.0 Å². The number of piperidine rings is 1. The number of aliphatic imine (C=N–C) groups is 1. The van der Waals surface area contributed by atoms with Crippen LogP contribution in [0.2, 0.25) is 0 Å². The molecule has 5 rings (SSSR count). The molecule has 0 aliphatic carbocycles. The van der Waals surface area contributed by atoms with Gasteiger partial charge in [0.2, 0.25) is 0 Å². The Bertz CT molecular complexity index is 1000. The highest BCUT2D eigenvalue weighted by Gasteiger charge is 2.25. The minimum absolute atomic E-state index is 0.557. The van der Waals surface area contributed by atoms with E-state index in [1.54, 1.807) is 0 Å². The Labute approximate surface area is 158 Å². The summed E-state index contributed by atoms with van der Waals surface area (Å²) < 4.78 is 5.66. The Hall–Kier alpha value is -2.73. The summed E-state index contributed by atoms with van der Waals surface area (Å²) in [5, 5.41) is 6.88. The second-order valence-electron chi connectivity index (χ2n) is 7.49. The average molecular weight is 361 g/mol. The van der Waals surface area contributed by atoms with E-state index in [9.17, 15) is 0 Å². The molecule has 1 saturated heterocycles. The highest BCUT2D eigenvalue weighted by Crippen LogP contribution is 2.27. The molecule has 27 heavy (non-hydrogen) atoms. The van der Waals surface area contributed by atoms with E-state index in [1.165, 1.54) is 18.6 Å². The smallest absolute Gasteiger partial charge is 0.192 e. The lowest BCUT2D eigenvalue weighted by Crippen LogP contribution is -2.37. The van der Waals surface area contributed by atoms with Gasteiger partial charge in [-0.15, -0.1) is 0 Å². The van der Waals surface area contributed by atoms with Gasteiger partial charge in [-0.1, -0.05) is 6.07 Å². The Morgan fingerprint density at radius 1 is 1.15 bits per heavy atom. The van der Waals surface area contributed by atoms with Crippen molar-refractivity contribution in [1.29, 1.82) is 0 Å². The monoisotopic (exact) mass is 361 g/mol. The SMILES string of the molecule is Cc1nc2ccc(C3=CCN4N=C(C5CCN(C)CC5)C=CC4=N3)cc2o1. The van der Waals surface area contributed by atoms with E-state index in [-0.39, 0.29) is 0 Å². The summed E-state index contributed by atoms with van der Waals surface area (Å²) in [5.74, 6) is 2.14. The van der Waals surface area contributed by atoms with Crippen molar-refractivity contribution in [3.8, 4) is 0 Å². The van der Waals surface area contributed by atoms with Gasteiger partial charge in [0, 0.05) is 18.4 Å². The summed E-state index contributed by atoms with van der Waals surface area (Å²) in [6.45, 7) is 4.89. The van der Waals surface area contributed by atoms with Gasteiger partial charge >= 0.3 is 0 Å². The van der Waals surface area contributed by atoms with Crippen molar-refractivity contribution in [1.82, 2.24) is 14.9 Å². The maximum absolute atomic E-state index is 5.66. The number of likely N-dealkylation sites (tertiary alicyclic amines) is 1. The van der Waals surface area contributed by atoms with Crippen LogP contribution < -0.4 is 0 Å². The topological polar surface area (TPSA) is 57.2 Å². The van der Waals surface area contributed by atoms with Crippen molar-refractivity contribution in [2.45, 2.75) is 19.8 Å². The van der Waals surface area contributed by atoms with Crippen LogP contribution in [0.25, 0.3) is 16.8 Å². The number of oxazole rings is 1. The van der Waals surface area contributed by atoms with Gasteiger partial charge in [-0.3, -0.25) is 0 Å². The largest absolute Gasteiger partial charge is 0.441 e. The number of benzene rings is 1. The fourth-order valence-electron chi connectivity index (χ4n) is 3.94. The molecule has 6 nitrogen and oxygen atoms in total. The zero-order valence-electron chi connectivity index (χ0n) is 15.7. The molecule has 3 aliphatic heterocycles. The summed E-state index contributed by atoms with van der Waals surface area (Å²) >= 11 is 0. The summed E-state index contributed by atoms with van der Waals surface area (Å²) in [5.41, 5.74) is 4.88. The molecule has 1 fully saturated rings. The Balaban J connectivity index is 1.37. The number of allylic oxidation sites excluding steroid dienone is 1. The third-order valence-electron chi connectivity index (χ3n) is 5.52. The number of hydrogen-bond acceptors (Lipinski definition) is 6. The van der Waals surface area contributed by atoms with E-state index in [0.717, 1.165) is 47.8 Å². The van der Waals surface area contributed by atoms with Gasteiger partial charge in [0.1, 0.15) is 11.4 Å². The number of aromatic nitrogens is 1. The molecule has 0 amide bonds. The van der Waals surface area contributed by atoms with Gasteiger partial charge in [0.25, 0.3) is 0 Å². The molecule has 4 heterocycles. The summed E-state index contributed by atoms with van der Waals surface area (Å²) in [6.07, 6.45) is 8.74. The molecule has 138 valence electrons. The molecular weight excluding hydrogens is 338 g/mol. The number of nitrogens with zero attached hydrogens (tertiary/aromatic N) is 5. The van der Waals surface area contributed by atoms with Crippen LogP contribution in [0.1, 0.15) is 24.3 Å². The van der Waals surface area contributed by atoms with E-state index in [0.29, 0.717) is 11.8 Å². The van der Waals surface area contributed by atoms with Gasteiger partial charge in [-0.05, 0) is 63.3 Å². The van der Waals surface area contributed by atoms with E-state index in [4.69, 9.17) is 14.5 Å². The molecule has 0 N–H and O–H groups in total. The quantitative estimate of drug-likeness (QED) is 0.822. The standard InChI is InChI=1S/C21H23N5O/c1-14-22-19-4-3-16(13-20(19)27-14)17-9-12-26-21(23-17)6-5-18(24-26)15-7-10-25(2)11-8-15/h3-6,9,13,15H,7-8,10-12H2,1-2H3. The fourth-order valence-corrected chi connectivity index (χ4v) is 3.94. The second kappa shape index (κ2) is 6.46. The summed E-state index contributed by atoms with van der Waals surface area (Å²) in [4.78, 5) is 11.6. The second-order valence-corrected chi connectivity index (χ2v) is 7.49. The molecule has 0 bridgehead atoms. The molecule has 0 spiro atoms. The first-order chi connectivity index (χ1) is 13.2. The number of fused-ring (bicyclic) bond motifs is 2. The predicted molar refractivity (Wildman–Crippen MR) is 108 cm³/mol. The maximum Gasteiger partial charge on any atom is 0.192 e. The Morgan fingerprint density at radius 3 is 2.85 bits per heavy atom. The zero-order chi connectivity index (χ0) is 18.4. The Morgan fingerprint density at radius 2 is 2.00 bits per heavy atom. The first-order valence-electron chi connectivity index (χ1n) is 9.55. The average Bonchev–Trinajstić information content (AvgIpc) is 3.07. The molecule has 0 unspecified atom stereocenters. The Kier molecular flexibility index (Phi) is 3.93. The highest BCUT2D eigenvalue weighted by molar-refractivity contribution is 6.08. The lowest BCUT2D eigenvalue weighted by atomic mass is 9.91. The van der Waals surface area contributed by atoms with Gasteiger partial charge in [0.15, 0.2) is 11.5 Å². The van der Waals surface area contributed by atoms with Crippen LogP contribution in [-0.4, -0.2) is 53.1 Å². The van der Waals surface area contributed by atoms with Crippen molar-refractivity contribution >= 4 is 28.3 Å². The molecule has 1 aromatic heterocycles. The number of aryl methyl sites for hydroxylation is 1. The third kappa shape index (κ3) is 3.10. The van der Waals surface area contributed by atoms with Crippen LogP contribution in [0.4, 0.5) is 0 Å². The molecule has 2 aromatic rings. The van der Waals surface area contributed by atoms with Crippen molar-refractivity contribution in [2.75, 3.05) is 26.7 Å². The molecule has 1 aromatic carbocycles. The summed E-state index contributed by atoms with van der Waals surface area (Å²) in [6, 6.07) is 6.05. The van der Waals surface area contributed by atoms with Crippen LogP contribution >= 0.6 is 0 Å². The number of amidine groups is 1. The predicted octanol–water partition coefficient (Wildman–Crippen LogP) is 3.46. The van der Waals surface area contributed by atoms with Crippen molar-refractivity contribution < 1.29 is 4.42 Å². The molecule has 0 atom stereocenters. The lowest BCUT2D eigenvalue weighted by molar-refractivity contribution is 0.251. The van der Waals surface area contributed by atoms with E-state index >= 15 is 0 Å². The lowest BCUT2D eigenvalue weighted by Gasteiger charge is -2.32. The highest BCUT2D eigenvalue weighted by atomic mass is 16.3. The van der Waals surface area contributed by atoms with Crippen molar-refractivity contribution in [3.05, 3.63) is 47.9 Å². The first kappa shape index (κ1) is 16.4. The molecule has 3 aliphatic rings. The summed E-state index contributed by atoms with van der Waals surface area (Å²) in [7, 11) is 2.19. The number of rotatable bonds is 2. The minimum Gasteiger partial charge on any atom is -0.441 e. The minimum atomic E-state index is 0.557. The van der Waals surface area contributed by atoms with Crippen LogP contribution in [0.5, 0.6) is 0 Å². The normalized spacial score (nSPS) is 21.1. The van der Waals surface area contributed by atoms with Gasteiger partial charge in [-0.25, -0.2) is 15.0 Å². The van der Waals surface area contributed by atoms with Crippen LogP contribution in [-0.2, 0) is 0 Å². The molecule has 0 radical (unpaired) electrons. The molecular formula is C21H23N5O. The number of hydrazone groups is 1. The molecule has 6 heteroatoms. The van der Waals surface area contributed by atoms with E-state index in [1.807, 2.05) is 24.1 Å². The third-order valence-corrected chi connectivity index (χ3v) is 5.52. The van der Waals surface area contributed by atoms with Gasteiger partial charge in [-0.2, -0.15) is 5.10 Å². The van der Waals surface area contributed by atoms with Crippen LogP contribution in [0, 0.1) is 12.8 Å². The zero-order valence-corrected chi connectivity index (χ0v) is 15.7. The van der Waals surface area contributed by atoms with Gasteiger partial charge in [0.05, 0.1) is 18.0 Å². The molecule has 0 saturated carbocycles. The fraction of sp³-hybridized carbons (Fsp3) is 0.381. The van der Waals surface area contributed by atoms with Crippen molar-refractivity contribution in [3.63, 3.8) is 0 Å². The van der Waals surface area contributed by atoms with Crippen LogP contribution in [0.15, 0.2) is 50.9 Å².